The van der Waals surface area contributed by atoms with E-state index in [1.165, 1.54) is 29.4 Å². The maximum absolute atomic E-state index is 4.93. The molecule has 4 nitrogen and oxygen atoms in total. The van der Waals surface area contributed by atoms with Gasteiger partial charge in [0, 0.05) is 42.3 Å². The third-order valence-corrected chi connectivity index (χ3v) is 6.33. The maximum atomic E-state index is 4.93. The highest BCUT2D eigenvalue weighted by Crippen LogP contribution is 2.28. The number of aliphatic imine (C=N–C) groups is 2. The second kappa shape index (κ2) is 7.40. The van der Waals surface area contributed by atoms with Gasteiger partial charge in [-0.3, -0.25) is 14.9 Å². The average Bonchev–Trinajstić information content (AvgIpc) is 3.28. The molecule has 0 saturated carbocycles. The van der Waals surface area contributed by atoms with Crippen molar-refractivity contribution in [3.8, 4) is 0 Å². The third-order valence-electron chi connectivity index (χ3n) is 6.33. The minimum absolute atomic E-state index is 0.594. The number of hydrogen-bond acceptors (Lipinski definition) is 4. The zero-order chi connectivity index (χ0) is 20.8. The van der Waals surface area contributed by atoms with Gasteiger partial charge in [-0.1, -0.05) is 61.5 Å². The molecule has 0 aliphatic carbocycles. The van der Waals surface area contributed by atoms with E-state index in [4.69, 9.17) is 9.98 Å². The number of benzene rings is 3. The van der Waals surface area contributed by atoms with Crippen LogP contribution in [-0.4, -0.2) is 41.1 Å². The van der Waals surface area contributed by atoms with Gasteiger partial charge in [-0.25, -0.2) is 4.99 Å². The molecule has 0 atom stereocenters. The Kier molecular flexibility index (Phi) is 4.39. The largest absolute Gasteiger partial charge is 0.298 e. The summed E-state index contributed by atoms with van der Waals surface area (Å²) in [5, 5.41) is 3.67. The maximum Gasteiger partial charge on any atom is 0.155 e. The Morgan fingerprint density at radius 1 is 0.935 bits per heavy atom. The van der Waals surface area contributed by atoms with Crippen LogP contribution in [0, 0.1) is 5.92 Å². The molecule has 4 heteroatoms. The van der Waals surface area contributed by atoms with Crippen LogP contribution in [0.25, 0.3) is 21.7 Å². The highest BCUT2D eigenvalue weighted by atomic mass is 15.2. The number of hydrogen-bond donors (Lipinski definition) is 0. The first-order valence-electron chi connectivity index (χ1n) is 10.9. The second-order valence-electron chi connectivity index (χ2n) is 8.73. The van der Waals surface area contributed by atoms with Gasteiger partial charge in [-0.2, -0.15) is 0 Å². The first-order valence-corrected chi connectivity index (χ1v) is 10.9. The molecule has 0 spiro atoms. The van der Waals surface area contributed by atoms with Crippen LogP contribution in [0.1, 0.15) is 23.6 Å². The topological polar surface area (TPSA) is 40.9 Å². The Hall–Kier alpha value is -3.37. The zero-order valence-electron chi connectivity index (χ0n) is 17.6. The monoisotopic (exact) mass is 404 g/mol. The number of pyridine rings is 1. The summed E-state index contributed by atoms with van der Waals surface area (Å²) < 4.78 is 0. The van der Waals surface area contributed by atoms with Gasteiger partial charge in [0.2, 0.25) is 0 Å². The number of nitrogens with zero attached hydrogens (tertiary/aromatic N) is 4. The van der Waals surface area contributed by atoms with Gasteiger partial charge in [0.1, 0.15) is 0 Å². The molecule has 2 aliphatic heterocycles. The van der Waals surface area contributed by atoms with Crippen LogP contribution in [0.15, 0.2) is 82.9 Å². The Morgan fingerprint density at radius 2 is 1.74 bits per heavy atom. The van der Waals surface area contributed by atoms with Gasteiger partial charge >= 0.3 is 0 Å². The molecule has 2 aliphatic rings. The van der Waals surface area contributed by atoms with E-state index in [0.29, 0.717) is 6.54 Å². The van der Waals surface area contributed by atoms with E-state index in [1.807, 2.05) is 24.4 Å². The van der Waals surface area contributed by atoms with Crippen LogP contribution < -0.4 is 0 Å². The second-order valence-corrected chi connectivity index (χ2v) is 8.73. The molecule has 0 unspecified atom stereocenters. The number of likely N-dealkylation sites (tertiary alicyclic amines) is 1. The lowest BCUT2D eigenvalue weighted by molar-refractivity contribution is 0.105. The van der Waals surface area contributed by atoms with E-state index in [2.05, 4.69) is 65.3 Å². The van der Waals surface area contributed by atoms with Crippen molar-refractivity contribution in [2.24, 2.45) is 15.9 Å². The quantitative estimate of drug-likeness (QED) is 0.475. The molecule has 4 aromatic rings. The minimum atomic E-state index is 0.594. The number of amidine groups is 1. The predicted molar refractivity (Wildman–Crippen MR) is 128 cm³/mol. The first kappa shape index (κ1) is 18.4. The summed E-state index contributed by atoms with van der Waals surface area (Å²) in [5.41, 5.74) is 5.53. The highest BCUT2D eigenvalue weighted by molar-refractivity contribution is 6.21. The summed E-state index contributed by atoms with van der Waals surface area (Å²) >= 11 is 0. The van der Waals surface area contributed by atoms with E-state index < -0.39 is 0 Å². The molecule has 1 saturated heterocycles. The lowest BCUT2D eigenvalue weighted by Gasteiger charge is -2.37. The van der Waals surface area contributed by atoms with Gasteiger partial charge in [-0.05, 0) is 34.4 Å². The summed E-state index contributed by atoms with van der Waals surface area (Å²) in [6, 6.07) is 23.5. The summed E-state index contributed by atoms with van der Waals surface area (Å²) in [6.07, 6.45) is 1.91. The number of rotatable bonds is 4. The van der Waals surface area contributed by atoms with E-state index in [-0.39, 0.29) is 0 Å². The number of para-hydroxylation sites is 1. The van der Waals surface area contributed by atoms with Gasteiger partial charge in [0.15, 0.2) is 5.84 Å². The third kappa shape index (κ3) is 3.33. The number of fused-ring (bicyclic) bond motifs is 2. The Labute approximate surface area is 182 Å². The molecular weight excluding hydrogens is 380 g/mol. The van der Waals surface area contributed by atoms with E-state index in [1.54, 1.807) is 0 Å². The molecule has 3 heterocycles. The van der Waals surface area contributed by atoms with Crippen LogP contribution >= 0.6 is 0 Å². The molecule has 0 bridgehead atoms. The van der Waals surface area contributed by atoms with Gasteiger partial charge < -0.3 is 0 Å². The number of aromatic nitrogens is 1. The molecule has 6 rings (SSSR count). The molecule has 1 aromatic heterocycles. The van der Waals surface area contributed by atoms with Crippen LogP contribution in [0.3, 0.4) is 0 Å². The lowest BCUT2D eigenvalue weighted by Crippen LogP contribution is -2.44. The van der Waals surface area contributed by atoms with E-state index in [9.17, 15) is 0 Å². The lowest BCUT2D eigenvalue weighted by atomic mass is 9.96. The van der Waals surface area contributed by atoms with Crippen molar-refractivity contribution in [2.75, 3.05) is 19.6 Å². The average molecular weight is 405 g/mol. The van der Waals surface area contributed by atoms with E-state index >= 15 is 0 Å². The normalized spacial score (nSPS) is 17.1. The Balaban J connectivity index is 1.35. The fraction of sp³-hybridized carbons (Fsp3) is 0.222. The van der Waals surface area contributed by atoms with E-state index in [0.717, 1.165) is 46.0 Å². The molecule has 0 N–H and O–H groups in total. The fourth-order valence-corrected chi connectivity index (χ4v) is 4.77. The first-order chi connectivity index (χ1) is 15.2. The van der Waals surface area contributed by atoms with Crippen molar-refractivity contribution < 1.29 is 0 Å². The van der Waals surface area contributed by atoms with Crippen LogP contribution in [0.5, 0.6) is 0 Å². The molecule has 31 heavy (non-hydrogen) atoms. The van der Waals surface area contributed by atoms with Crippen LogP contribution in [-0.2, 0) is 6.54 Å². The fourth-order valence-electron chi connectivity index (χ4n) is 4.77. The van der Waals surface area contributed by atoms with Crippen LogP contribution in [0.2, 0.25) is 0 Å². The SMILES string of the molecule is CC1CN(Cc2ccc(C3=NCC(c4cnc5ccccc5c4)=N3)c3ccccc23)C1. The van der Waals surface area contributed by atoms with Crippen molar-refractivity contribution in [3.05, 3.63) is 89.6 Å². The highest BCUT2D eigenvalue weighted by Gasteiger charge is 2.23. The smallest absolute Gasteiger partial charge is 0.155 e. The summed E-state index contributed by atoms with van der Waals surface area (Å²) in [7, 11) is 0. The molecule has 0 amide bonds. The van der Waals surface area contributed by atoms with Crippen molar-refractivity contribution in [1.82, 2.24) is 9.88 Å². The Morgan fingerprint density at radius 3 is 2.61 bits per heavy atom. The summed E-state index contributed by atoms with van der Waals surface area (Å²) in [6.45, 7) is 6.30. The van der Waals surface area contributed by atoms with Gasteiger partial charge in [0.25, 0.3) is 0 Å². The zero-order valence-corrected chi connectivity index (χ0v) is 17.6. The van der Waals surface area contributed by atoms with Gasteiger partial charge in [-0.15, -0.1) is 0 Å². The van der Waals surface area contributed by atoms with Crippen molar-refractivity contribution in [2.45, 2.75) is 13.5 Å². The van der Waals surface area contributed by atoms with Crippen molar-refractivity contribution in [1.29, 1.82) is 0 Å². The summed E-state index contributed by atoms with van der Waals surface area (Å²) in [4.78, 5) is 16.8. The van der Waals surface area contributed by atoms with Crippen molar-refractivity contribution >= 4 is 33.2 Å². The molecular formula is C27H24N4. The molecule has 152 valence electrons. The van der Waals surface area contributed by atoms with Crippen LogP contribution in [0.4, 0.5) is 0 Å². The molecule has 0 radical (unpaired) electrons. The Bertz CT molecular complexity index is 1360. The molecule has 3 aromatic carbocycles. The molecule has 1 fully saturated rings. The predicted octanol–water partition coefficient (Wildman–Crippen LogP) is 5.09. The standard InChI is InChI=1S/C27H24N4/c1-18-15-31(16-18)17-20-10-11-24(23-8-4-3-7-22(20)23)27-29-14-26(30-27)21-12-19-6-2-5-9-25(19)28-13-21/h2-13,18H,14-17H2,1H3. The van der Waals surface area contributed by atoms with Gasteiger partial charge in [0.05, 0.1) is 17.8 Å². The van der Waals surface area contributed by atoms with Crippen molar-refractivity contribution in [3.63, 3.8) is 0 Å². The minimum Gasteiger partial charge on any atom is -0.298 e. The summed E-state index contributed by atoms with van der Waals surface area (Å²) in [5.74, 6) is 1.64.